The zero-order chi connectivity index (χ0) is 23.3. The normalized spacial score (nSPS) is 11.5. The lowest BCUT2D eigenvalue weighted by atomic mass is 9.85. The van der Waals surface area contributed by atoms with Crippen molar-refractivity contribution in [2.75, 3.05) is 7.11 Å². The summed E-state index contributed by atoms with van der Waals surface area (Å²) >= 11 is 6.18. The number of rotatable bonds is 7. The van der Waals surface area contributed by atoms with Crippen molar-refractivity contribution in [1.29, 1.82) is 0 Å². The highest BCUT2D eigenvalue weighted by Crippen LogP contribution is 2.31. The van der Waals surface area contributed by atoms with Gasteiger partial charge in [-0.25, -0.2) is 5.43 Å². The summed E-state index contributed by atoms with van der Waals surface area (Å²) in [5.74, 6) is 0.878. The summed E-state index contributed by atoms with van der Waals surface area (Å²) in [5, 5.41) is 15.9. The first kappa shape index (κ1) is 22.3. The molecule has 0 spiro atoms. The van der Waals surface area contributed by atoms with Crippen LogP contribution in [-0.4, -0.2) is 24.3 Å². The number of hydrogen-bond acceptors (Lipinski definition) is 5. The minimum absolute atomic E-state index is 0.417. The fourth-order valence-corrected chi connectivity index (χ4v) is 3.68. The van der Waals surface area contributed by atoms with Crippen LogP contribution >= 0.6 is 11.6 Å². The van der Waals surface area contributed by atoms with E-state index >= 15 is 0 Å². The number of halogens is 1. The summed E-state index contributed by atoms with van der Waals surface area (Å²) in [6, 6.07) is 26.2. The summed E-state index contributed by atoms with van der Waals surface area (Å²) < 4.78 is 10.9. The molecule has 0 unspecified atom stereocenters. The van der Waals surface area contributed by atoms with Crippen LogP contribution in [0.4, 0.5) is 0 Å². The number of hydrogen-bond donors (Lipinski definition) is 2. The third-order valence-electron chi connectivity index (χ3n) is 5.13. The van der Waals surface area contributed by atoms with Crippen LogP contribution in [-0.2, 0) is 10.4 Å². The molecule has 4 rings (SSSR count). The maximum atomic E-state index is 13.0. The van der Waals surface area contributed by atoms with Crippen LogP contribution in [0, 0.1) is 0 Å². The number of benzene rings is 3. The molecule has 0 saturated carbocycles. The van der Waals surface area contributed by atoms with E-state index in [2.05, 4.69) is 10.5 Å². The SMILES string of the molecule is COc1ccc(-c2ccc(C=NNC(=O)C(O)(c3ccccc3)c3ccccc3)o2)cc1Cl. The summed E-state index contributed by atoms with van der Waals surface area (Å²) in [6.07, 6.45) is 1.36. The maximum absolute atomic E-state index is 13.0. The minimum atomic E-state index is -1.91. The van der Waals surface area contributed by atoms with Crippen LogP contribution < -0.4 is 10.2 Å². The average Bonchev–Trinajstić information content (AvgIpc) is 3.33. The van der Waals surface area contributed by atoms with E-state index in [1.807, 2.05) is 18.2 Å². The van der Waals surface area contributed by atoms with Crippen LogP contribution in [0.2, 0.25) is 5.02 Å². The number of aliphatic hydroxyl groups is 1. The van der Waals surface area contributed by atoms with Crippen molar-refractivity contribution in [2.45, 2.75) is 5.60 Å². The van der Waals surface area contributed by atoms with Crippen molar-refractivity contribution in [3.8, 4) is 17.1 Å². The molecule has 0 aliphatic rings. The van der Waals surface area contributed by atoms with Crippen molar-refractivity contribution in [3.63, 3.8) is 0 Å². The Morgan fingerprint density at radius 1 is 1.00 bits per heavy atom. The lowest BCUT2D eigenvalue weighted by Gasteiger charge is -2.26. The number of amides is 1. The first-order valence-corrected chi connectivity index (χ1v) is 10.5. The van der Waals surface area contributed by atoms with Crippen LogP contribution in [0.1, 0.15) is 16.9 Å². The third kappa shape index (κ3) is 4.67. The second-order valence-corrected chi connectivity index (χ2v) is 7.60. The van der Waals surface area contributed by atoms with Gasteiger partial charge in [0.15, 0.2) is 5.60 Å². The molecule has 0 fully saturated rings. The number of nitrogens with one attached hydrogen (secondary N) is 1. The van der Waals surface area contributed by atoms with E-state index in [-0.39, 0.29) is 0 Å². The van der Waals surface area contributed by atoms with Crippen molar-refractivity contribution in [3.05, 3.63) is 113 Å². The van der Waals surface area contributed by atoms with E-state index < -0.39 is 11.5 Å². The highest BCUT2D eigenvalue weighted by Gasteiger charge is 2.39. The fourth-order valence-electron chi connectivity index (χ4n) is 3.42. The number of carbonyl (C=O) groups excluding carboxylic acids is 1. The molecule has 2 N–H and O–H groups in total. The van der Waals surface area contributed by atoms with Crippen LogP contribution in [0.5, 0.6) is 5.75 Å². The van der Waals surface area contributed by atoms with Gasteiger partial charge in [0.2, 0.25) is 0 Å². The van der Waals surface area contributed by atoms with Crippen molar-refractivity contribution < 1.29 is 19.1 Å². The number of hydrazone groups is 1. The van der Waals surface area contributed by atoms with Gasteiger partial charge < -0.3 is 14.3 Å². The second kappa shape index (κ2) is 9.73. The molecule has 0 aliphatic carbocycles. The van der Waals surface area contributed by atoms with Crippen molar-refractivity contribution >= 4 is 23.7 Å². The molecule has 166 valence electrons. The molecule has 1 aromatic heterocycles. The molecule has 1 amide bonds. The fraction of sp³-hybridized carbons (Fsp3) is 0.0769. The number of nitrogens with zero attached hydrogens (tertiary/aromatic N) is 1. The van der Waals surface area contributed by atoms with Gasteiger partial charge in [-0.2, -0.15) is 5.10 Å². The van der Waals surface area contributed by atoms with E-state index in [0.29, 0.717) is 33.4 Å². The molecule has 0 bridgehead atoms. The number of methoxy groups -OCH3 is 1. The highest BCUT2D eigenvalue weighted by atomic mass is 35.5. The average molecular weight is 461 g/mol. The lowest BCUT2D eigenvalue weighted by molar-refractivity contribution is -0.136. The third-order valence-corrected chi connectivity index (χ3v) is 5.43. The molecular formula is C26H21ClN2O4. The van der Waals surface area contributed by atoms with Gasteiger partial charge in [0, 0.05) is 5.56 Å². The van der Waals surface area contributed by atoms with Crippen LogP contribution in [0.3, 0.4) is 0 Å². The van der Waals surface area contributed by atoms with Crippen LogP contribution in [0.25, 0.3) is 11.3 Å². The molecule has 0 radical (unpaired) electrons. The Balaban J connectivity index is 1.53. The Morgan fingerprint density at radius 2 is 1.64 bits per heavy atom. The largest absolute Gasteiger partial charge is 0.495 e. The smallest absolute Gasteiger partial charge is 0.281 e. The predicted molar refractivity (Wildman–Crippen MR) is 127 cm³/mol. The molecule has 3 aromatic carbocycles. The number of furan rings is 1. The number of carbonyl (C=O) groups is 1. The Kier molecular flexibility index (Phi) is 6.58. The molecule has 0 aliphatic heterocycles. The lowest BCUT2D eigenvalue weighted by Crippen LogP contribution is -2.43. The minimum Gasteiger partial charge on any atom is -0.495 e. The van der Waals surface area contributed by atoms with E-state index in [9.17, 15) is 9.90 Å². The number of ether oxygens (including phenoxy) is 1. The van der Waals surface area contributed by atoms with Crippen LogP contribution in [0.15, 0.2) is 101 Å². The van der Waals surface area contributed by atoms with E-state index in [4.69, 9.17) is 20.8 Å². The van der Waals surface area contributed by atoms with E-state index in [1.54, 1.807) is 79.9 Å². The Morgan fingerprint density at radius 3 is 2.21 bits per heavy atom. The van der Waals surface area contributed by atoms with Crippen molar-refractivity contribution in [2.24, 2.45) is 5.10 Å². The van der Waals surface area contributed by atoms with Gasteiger partial charge in [-0.15, -0.1) is 0 Å². The van der Waals surface area contributed by atoms with Gasteiger partial charge in [-0.1, -0.05) is 72.3 Å². The van der Waals surface area contributed by atoms with Gasteiger partial charge in [0.25, 0.3) is 5.91 Å². The monoisotopic (exact) mass is 460 g/mol. The van der Waals surface area contributed by atoms with Crippen molar-refractivity contribution in [1.82, 2.24) is 5.43 Å². The molecule has 0 saturated heterocycles. The first-order valence-electron chi connectivity index (χ1n) is 10.1. The molecular weight excluding hydrogens is 440 g/mol. The standard InChI is InChI=1S/C26H21ClN2O4/c1-32-24-14-12-18(16-22(24)27)23-15-13-21(33-23)17-28-29-25(30)26(31,19-8-4-2-5-9-19)20-10-6-3-7-11-20/h2-17,31H,1H3,(H,29,30). The molecule has 4 aromatic rings. The summed E-state index contributed by atoms with van der Waals surface area (Å²) in [7, 11) is 1.55. The van der Waals surface area contributed by atoms with Gasteiger partial charge in [0.05, 0.1) is 18.3 Å². The maximum Gasteiger partial charge on any atom is 0.281 e. The quantitative estimate of drug-likeness (QED) is 0.300. The first-order chi connectivity index (χ1) is 16.0. The van der Waals surface area contributed by atoms with E-state index in [1.165, 1.54) is 6.21 Å². The Hall–Kier alpha value is -3.87. The zero-order valence-electron chi connectivity index (χ0n) is 17.7. The Bertz CT molecular complexity index is 1230. The molecule has 6 nitrogen and oxygen atoms in total. The zero-order valence-corrected chi connectivity index (χ0v) is 18.5. The van der Waals surface area contributed by atoms with Gasteiger partial charge in [0.1, 0.15) is 17.3 Å². The highest BCUT2D eigenvalue weighted by molar-refractivity contribution is 6.32. The topological polar surface area (TPSA) is 84.1 Å². The van der Waals surface area contributed by atoms with Gasteiger partial charge in [-0.3, -0.25) is 4.79 Å². The Labute approximate surface area is 196 Å². The van der Waals surface area contributed by atoms with E-state index in [0.717, 1.165) is 5.56 Å². The molecule has 7 heteroatoms. The second-order valence-electron chi connectivity index (χ2n) is 7.19. The molecule has 1 heterocycles. The summed E-state index contributed by atoms with van der Waals surface area (Å²) in [6.45, 7) is 0. The van der Waals surface area contributed by atoms with Gasteiger partial charge >= 0.3 is 0 Å². The summed E-state index contributed by atoms with van der Waals surface area (Å²) in [4.78, 5) is 13.0. The molecule has 33 heavy (non-hydrogen) atoms. The summed E-state index contributed by atoms with van der Waals surface area (Å²) in [5.41, 5.74) is 2.15. The molecule has 0 atom stereocenters. The van der Waals surface area contributed by atoms with Gasteiger partial charge in [-0.05, 0) is 41.5 Å². The predicted octanol–water partition coefficient (Wildman–Crippen LogP) is 4.99.